The van der Waals surface area contributed by atoms with Crippen LogP contribution in [-0.4, -0.2) is 78.9 Å². The molecule has 0 aliphatic carbocycles. The van der Waals surface area contributed by atoms with Gasteiger partial charge in [0.05, 0.1) is 32.2 Å². The van der Waals surface area contributed by atoms with Gasteiger partial charge in [-0.05, 0) is 18.1 Å². The Hall–Kier alpha value is -2.42. The van der Waals surface area contributed by atoms with Crippen molar-refractivity contribution in [3.8, 4) is 0 Å². The standard InChI is InChI=1S/C26H37NO10S/c1-20(34-16-22-13-9-6-10-14-22)26(25(27)28,36-19-32-3)24(35-18-31-2)23(37-38(4,29)30)17-33-15-21-11-7-5-8-12-21/h5-14,20,23-24H,15-19H2,1-4H3,(H2,27,28)/t20-,23-,24+,26-/m1/s1. The van der Waals surface area contributed by atoms with Crippen LogP contribution in [0.3, 0.4) is 0 Å². The van der Waals surface area contributed by atoms with Gasteiger partial charge in [0.1, 0.15) is 25.8 Å². The SMILES string of the molecule is COCO[C@@H]([C@@H](COCc1ccccc1)OS(C)(=O)=O)[C@@](OCOC)(C(N)=O)[C@@H](C)OCc1ccccc1. The van der Waals surface area contributed by atoms with Gasteiger partial charge in [-0.3, -0.25) is 8.98 Å². The highest BCUT2D eigenvalue weighted by molar-refractivity contribution is 7.86. The Bertz CT molecular complexity index is 1050. The van der Waals surface area contributed by atoms with E-state index < -0.39 is 39.9 Å². The number of carbonyl (C=O) groups excluding carboxylic acids is 1. The highest BCUT2D eigenvalue weighted by Gasteiger charge is 2.56. The first-order valence-corrected chi connectivity index (χ1v) is 13.6. The largest absolute Gasteiger partial charge is 0.374 e. The lowest BCUT2D eigenvalue weighted by molar-refractivity contribution is -0.258. The van der Waals surface area contributed by atoms with Crippen LogP contribution in [0.25, 0.3) is 0 Å². The summed E-state index contributed by atoms with van der Waals surface area (Å²) in [5.74, 6) is -0.985. The molecule has 0 bridgehead atoms. The fourth-order valence-electron chi connectivity index (χ4n) is 3.82. The number of methoxy groups -OCH3 is 2. The van der Waals surface area contributed by atoms with E-state index in [1.54, 1.807) is 6.92 Å². The predicted octanol–water partition coefficient (Wildman–Crippen LogP) is 1.99. The van der Waals surface area contributed by atoms with Crippen LogP contribution in [0.1, 0.15) is 18.1 Å². The first kappa shape index (κ1) is 31.8. The third kappa shape index (κ3) is 9.71. The second kappa shape index (κ2) is 15.9. The minimum absolute atomic E-state index is 0.104. The Kier molecular flexibility index (Phi) is 13.3. The summed E-state index contributed by atoms with van der Waals surface area (Å²) in [5.41, 5.74) is 5.51. The topological polar surface area (TPSA) is 142 Å². The zero-order chi connectivity index (χ0) is 28.0. The number of rotatable bonds is 19. The van der Waals surface area contributed by atoms with Crippen molar-refractivity contribution in [1.29, 1.82) is 0 Å². The minimum Gasteiger partial charge on any atom is -0.374 e. The highest BCUT2D eigenvalue weighted by Crippen LogP contribution is 2.31. The van der Waals surface area contributed by atoms with Gasteiger partial charge in [0.15, 0.2) is 0 Å². The molecule has 2 aromatic rings. The molecule has 0 aliphatic heterocycles. The summed E-state index contributed by atoms with van der Waals surface area (Å²) in [4.78, 5) is 13.1. The van der Waals surface area contributed by atoms with E-state index in [0.717, 1.165) is 17.4 Å². The van der Waals surface area contributed by atoms with Crippen molar-refractivity contribution >= 4 is 16.0 Å². The number of amides is 1. The van der Waals surface area contributed by atoms with Crippen molar-refractivity contribution < 1.29 is 45.8 Å². The van der Waals surface area contributed by atoms with Crippen molar-refractivity contribution in [2.75, 3.05) is 40.7 Å². The van der Waals surface area contributed by atoms with Crippen molar-refractivity contribution in [1.82, 2.24) is 0 Å². The molecule has 0 heterocycles. The molecule has 0 saturated heterocycles. The Morgan fingerprint density at radius 3 is 1.95 bits per heavy atom. The molecule has 11 nitrogen and oxygen atoms in total. The maximum Gasteiger partial charge on any atom is 0.264 e. The fraction of sp³-hybridized carbons (Fsp3) is 0.500. The van der Waals surface area contributed by atoms with Gasteiger partial charge in [0.25, 0.3) is 16.0 Å². The quantitative estimate of drug-likeness (QED) is 0.202. The molecule has 12 heteroatoms. The molecule has 212 valence electrons. The van der Waals surface area contributed by atoms with Gasteiger partial charge in [-0.15, -0.1) is 0 Å². The lowest BCUT2D eigenvalue weighted by Gasteiger charge is -2.43. The van der Waals surface area contributed by atoms with Gasteiger partial charge < -0.3 is 34.2 Å². The summed E-state index contributed by atoms with van der Waals surface area (Å²) in [6, 6.07) is 18.5. The molecule has 1 amide bonds. The van der Waals surface area contributed by atoms with E-state index in [4.69, 9.17) is 38.3 Å². The van der Waals surface area contributed by atoms with Gasteiger partial charge in [0, 0.05) is 14.2 Å². The maximum atomic E-state index is 13.1. The third-order valence-electron chi connectivity index (χ3n) is 5.57. The molecule has 2 aromatic carbocycles. The molecule has 0 fully saturated rings. The minimum atomic E-state index is -4.06. The predicted molar refractivity (Wildman–Crippen MR) is 138 cm³/mol. The number of carbonyl (C=O) groups is 1. The molecule has 0 saturated carbocycles. The first-order valence-electron chi connectivity index (χ1n) is 11.8. The number of nitrogens with two attached hydrogens (primary N) is 1. The maximum absolute atomic E-state index is 13.1. The zero-order valence-electron chi connectivity index (χ0n) is 22.1. The van der Waals surface area contributed by atoms with Gasteiger partial charge in [0.2, 0.25) is 5.60 Å². The van der Waals surface area contributed by atoms with Crippen LogP contribution in [-0.2, 0) is 60.7 Å². The van der Waals surface area contributed by atoms with Gasteiger partial charge in [-0.25, -0.2) is 0 Å². The molecule has 0 spiro atoms. The van der Waals surface area contributed by atoms with Crippen LogP contribution in [0.4, 0.5) is 0 Å². The molecule has 38 heavy (non-hydrogen) atoms. The van der Waals surface area contributed by atoms with E-state index in [1.165, 1.54) is 14.2 Å². The molecular formula is C26H37NO10S. The smallest absolute Gasteiger partial charge is 0.264 e. The van der Waals surface area contributed by atoms with E-state index in [9.17, 15) is 13.2 Å². The summed E-state index contributed by atoms with van der Waals surface area (Å²) in [7, 11) is -1.33. The summed E-state index contributed by atoms with van der Waals surface area (Å²) >= 11 is 0. The van der Waals surface area contributed by atoms with E-state index in [2.05, 4.69) is 0 Å². The summed E-state index contributed by atoms with van der Waals surface area (Å²) in [6.45, 7) is 0.785. The van der Waals surface area contributed by atoms with Crippen molar-refractivity contribution in [2.24, 2.45) is 5.73 Å². The average molecular weight is 556 g/mol. The van der Waals surface area contributed by atoms with Crippen LogP contribution < -0.4 is 5.73 Å². The number of benzene rings is 2. The molecule has 0 radical (unpaired) electrons. The van der Waals surface area contributed by atoms with Crippen LogP contribution in [0.2, 0.25) is 0 Å². The average Bonchev–Trinajstić information content (AvgIpc) is 2.89. The fourth-order valence-corrected chi connectivity index (χ4v) is 4.43. The third-order valence-corrected chi connectivity index (χ3v) is 6.16. The summed E-state index contributed by atoms with van der Waals surface area (Å²) in [5, 5.41) is 0. The van der Waals surface area contributed by atoms with Gasteiger partial charge >= 0.3 is 0 Å². The molecule has 0 aliphatic rings. The van der Waals surface area contributed by atoms with Crippen LogP contribution >= 0.6 is 0 Å². The Morgan fingerprint density at radius 1 is 0.895 bits per heavy atom. The van der Waals surface area contributed by atoms with Crippen molar-refractivity contribution in [2.45, 2.75) is 44.1 Å². The number of ether oxygens (including phenoxy) is 6. The second-order valence-corrected chi connectivity index (χ2v) is 10.1. The molecule has 0 unspecified atom stereocenters. The molecule has 2 N–H and O–H groups in total. The van der Waals surface area contributed by atoms with Crippen LogP contribution in [0.5, 0.6) is 0 Å². The normalized spacial score (nSPS) is 15.9. The molecule has 2 rings (SSSR count). The number of primary amides is 1. The van der Waals surface area contributed by atoms with E-state index >= 15 is 0 Å². The molecule has 0 aromatic heterocycles. The van der Waals surface area contributed by atoms with Gasteiger partial charge in [-0.1, -0.05) is 60.7 Å². The Balaban J connectivity index is 2.45. The van der Waals surface area contributed by atoms with Crippen molar-refractivity contribution in [3.63, 3.8) is 0 Å². The van der Waals surface area contributed by atoms with E-state index in [0.29, 0.717) is 0 Å². The van der Waals surface area contributed by atoms with Crippen molar-refractivity contribution in [3.05, 3.63) is 71.8 Å². The molecular weight excluding hydrogens is 518 g/mol. The second-order valence-electron chi connectivity index (χ2n) is 8.48. The van der Waals surface area contributed by atoms with E-state index in [1.807, 2.05) is 60.7 Å². The molecule has 4 atom stereocenters. The Morgan fingerprint density at radius 2 is 1.45 bits per heavy atom. The lowest BCUT2D eigenvalue weighted by Crippen LogP contribution is -2.67. The van der Waals surface area contributed by atoms with E-state index in [-0.39, 0.29) is 33.4 Å². The zero-order valence-corrected chi connectivity index (χ0v) is 22.9. The number of hydrogen-bond donors (Lipinski definition) is 1. The van der Waals surface area contributed by atoms with Crippen LogP contribution in [0.15, 0.2) is 60.7 Å². The Labute approximate surface area is 224 Å². The first-order chi connectivity index (χ1) is 18.1. The highest BCUT2D eigenvalue weighted by atomic mass is 32.2. The summed E-state index contributed by atoms with van der Waals surface area (Å²) in [6.07, 6.45) is -3.01. The summed E-state index contributed by atoms with van der Waals surface area (Å²) < 4.78 is 63.6. The number of hydrogen-bond acceptors (Lipinski definition) is 10. The van der Waals surface area contributed by atoms with Gasteiger partial charge in [-0.2, -0.15) is 8.42 Å². The van der Waals surface area contributed by atoms with Crippen LogP contribution in [0, 0.1) is 0 Å². The monoisotopic (exact) mass is 555 g/mol. The lowest BCUT2D eigenvalue weighted by atomic mass is 9.86.